The molecule has 0 aliphatic heterocycles. The van der Waals surface area contributed by atoms with Crippen LogP contribution in [-0.2, 0) is 11.3 Å². The van der Waals surface area contributed by atoms with E-state index in [1.807, 2.05) is 18.2 Å². The molecule has 0 N–H and O–H groups in total. The van der Waals surface area contributed by atoms with Gasteiger partial charge in [-0.3, -0.25) is 9.78 Å². The Hall–Kier alpha value is -1.89. The van der Waals surface area contributed by atoms with Gasteiger partial charge in [0.15, 0.2) is 0 Å². The highest BCUT2D eigenvalue weighted by Crippen LogP contribution is 2.43. The lowest BCUT2D eigenvalue weighted by Gasteiger charge is -2.39. The summed E-state index contributed by atoms with van der Waals surface area (Å²) in [4.78, 5) is 18.9. The summed E-state index contributed by atoms with van der Waals surface area (Å²) >= 11 is 0. The van der Waals surface area contributed by atoms with E-state index >= 15 is 0 Å². The molecule has 2 unspecified atom stereocenters. The van der Waals surface area contributed by atoms with E-state index in [1.54, 1.807) is 11.1 Å². The zero-order valence-electron chi connectivity index (χ0n) is 15.2. The molecule has 4 heteroatoms. The Labute approximate surface area is 145 Å². The van der Waals surface area contributed by atoms with Crippen molar-refractivity contribution < 1.29 is 4.79 Å². The summed E-state index contributed by atoms with van der Waals surface area (Å²) in [6.45, 7) is 7.88. The molecule has 1 amide bonds. The first-order valence-corrected chi connectivity index (χ1v) is 8.94. The Bertz CT molecular complexity index is 576. The number of aromatic nitrogens is 1. The Morgan fingerprint density at radius 3 is 2.83 bits per heavy atom. The third-order valence-corrected chi connectivity index (χ3v) is 4.87. The molecule has 0 bridgehead atoms. The van der Waals surface area contributed by atoms with Crippen molar-refractivity contribution in [3.05, 3.63) is 30.1 Å². The van der Waals surface area contributed by atoms with Gasteiger partial charge in [-0.2, -0.15) is 5.26 Å². The predicted molar refractivity (Wildman–Crippen MR) is 94.8 cm³/mol. The van der Waals surface area contributed by atoms with Crippen LogP contribution < -0.4 is 0 Å². The van der Waals surface area contributed by atoms with Crippen LogP contribution in [0.4, 0.5) is 0 Å². The van der Waals surface area contributed by atoms with E-state index in [-0.39, 0.29) is 5.91 Å². The van der Waals surface area contributed by atoms with Crippen LogP contribution in [0, 0.1) is 28.6 Å². The molecule has 0 aromatic carbocycles. The van der Waals surface area contributed by atoms with Crippen molar-refractivity contribution in [2.45, 2.75) is 59.4 Å². The van der Waals surface area contributed by atoms with Gasteiger partial charge in [0.2, 0.25) is 5.91 Å². The van der Waals surface area contributed by atoms with E-state index in [9.17, 15) is 4.79 Å². The van der Waals surface area contributed by atoms with Crippen molar-refractivity contribution in [3.8, 4) is 6.07 Å². The molecule has 1 aliphatic carbocycles. The van der Waals surface area contributed by atoms with Crippen LogP contribution in [0.25, 0.3) is 0 Å². The number of carbonyl (C=O) groups is 1. The molecule has 2 atom stereocenters. The van der Waals surface area contributed by atoms with Crippen LogP contribution in [0.2, 0.25) is 0 Å². The molecule has 1 fully saturated rings. The van der Waals surface area contributed by atoms with Gasteiger partial charge in [0, 0.05) is 19.2 Å². The SMILES string of the molecule is CC1CC(CC(=O)N(CCC#N)Cc2ccccn2)CC(C)(C)C1. The fourth-order valence-electron chi connectivity index (χ4n) is 4.24. The van der Waals surface area contributed by atoms with Crippen LogP contribution in [0.5, 0.6) is 0 Å². The molecule has 0 radical (unpaired) electrons. The first-order chi connectivity index (χ1) is 11.4. The van der Waals surface area contributed by atoms with Gasteiger partial charge in [0.05, 0.1) is 24.7 Å². The molecule has 130 valence electrons. The summed E-state index contributed by atoms with van der Waals surface area (Å²) in [5.41, 5.74) is 1.20. The second-order valence-corrected chi connectivity index (χ2v) is 8.03. The van der Waals surface area contributed by atoms with E-state index in [2.05, 4.69) is 31.8 Å². The number of nitriles is 1. The monoisotopic (exact) mass is 327 g/mol. The van der Waals surface area contributed by atoms with Crippen LogP contribution >= 0.6 is 0 Å². The molecular weight excluding hydrogens is 298 g/mol. The minimum absolute atomic E-state index is 0.158. The fourth-order valence-corrected chi connectivity index (χ4v) is 4.24. The minimum atomic E-state index is 0.158. The Balaban J connectivity index is 2.00. The first-order valence-electron chi connectivity index (χ1n) is 8.94. The number of pyridine rings is 1. The van der Waals surface area contributed by atoms with Gasteiger partial charge in [-0.25, -0.2) is 0 Å². The van der Waals surface area contributed by atoms with Gasteiger partial charge >= 0.3 is 0 Å². The zero-order chi connectivity index (χ0) is 17.6. The number of amides is 1. The standard InChI is InChI=1S/C20H29N3O/c1-16-11-17(14-20(2,3)13-16)12-19(24)23(10-6-8-21)15-18-7-4-5-9-22-18/h4-5,7,9,16-17H,6,10-15H2,1-3H3. The van der Waals surface area contributed by atoms with Crippen molar-refractivity contribution in [1.82, 2.24) is 9.88 Å². The van der Waals surface area contributed by atoms with Gasteiger partial charge in [-0.15, -0.1) is 0 Å². The van der Waals surface area contributed by atoms with Crippen LogP contribution in [0.3, 0.4) is 0 Å². The molecule has 2 rings (SSSR count). The van der Waals surface area contributed by atoms with E-state index in [0.717, 1.165) is 18.5 Å². The van der Waals surface area contributed by atoms with Crippen LogP contribution in [-0.4, -0.2) is 22.3 Å². The minimum Gasteiger partial charge on any atom is -0.336 e. The second-order valence-electron chi connectivity index (χ2n) is 8.03. The fraction of sp³-hybridized carbons (Fsp3) is 0.650. The lowest BCUT2D eigenvalue weighted by Crippen LogP contribution is -2.35. The first kappa shape index (κ1) is 18.4. The molecule has 1 saturated carbocycles. The van der Waals surface area contributed by atoms with Crippen molar-refractivity contribution in [2.75, 3.05) is 6.54 Å². The van der Waals surface area contributed by atoms with E-state index < -0.39 is 0 Å². The highest BCUT2D eigenvalue weighted by molar-refractivity contribution is 5.76. The average molecular weight is 327 g/mol. The Morgan fingerprint density at radius 1 is 1.42 bits per heavy atom. The van der Waals surface area contributed by atoms with Crippen LogP contribution in [0.1, 0.15) is 58.6 Å². The zero-order valence-corrected chi connectivity index (χ0v) is 15.2. The van der Waals surface area contributed by atoms with Gasteiger partial charge in [-0.1, -0.05) is 26.8 Å². The molecule has 1 aromatic rings. The normalized spacial score (nSPS) is 22.6. The predicted octanol–water partition coefficient (Wildman–Crippen LogP) is 4.18. The molecule has 1 aromatic heterocycles. The van der Waals surface area contributed by atoms with Gasteiger partial charge in [-0.05, 0) is 48.6 Å². The van der Waals surface area contributed by atoms with Crippen LogP contribution in [0.15, 0.2) is 24.4 Å². The van der Waals surface area contributed by atoms with E-state index in [1.165, 1.54) is 6.42 Å². The third-order valence-electron chi connectivity index (χ3n) is 4.87. The summed E-state index contributed by atoms with van der Waals surface area (Å²) < 4.78 is 0. The topological polar surface area (TPSA) is 57.0 Å². The summed E-state index contributed by atoms with van der Waals surface area (Å²) in [7, 11) is 0. The van der Waals surface area contributed by atoms with Gasteiger partial charge < -0.3 is 4.90 Å². The Morgan fingerprint density at radius 2 is 2.21 bits per heavy atom. The highest BCUT2D eigenvalue weighted by atomic mass is 16.2. The lowest BCUT2D eigenvalue weighted by molar-refractivity contribution is -0.133. The molecule has 1 aliphatic rings. The van der Waals surface area contributed by atoms with Crippen molar-refractivity contribution >= 4 is 5.91 Å². The van der Waals surface area contributed by atoms with Gasteiger partial charge in [0.25, 0.3) is 0 Å². The molecular formula is C20H29N3O. The maximum atomic E-state index is 12.8. The quantitative estimate of drug-likeness (QED) is 0.787. The smallest absolute Gasteiger partial charge is 0.223 e. The number of rotatable bonds is 6. The number of carbonyl (C=O) groups excluding carboxylic acids is 1. The average Bonchev–Trinajstić information content (AvgIpc) is 2.50. The number of hydrogen-bond acceptors (Lipinski definition) is 3. The number of nitrogens with zero attached hydrogens (tertiary/aromatic N) is 3. The lowest BCUT2D eigenvalue weighted by atomic mass is 9.67. The van der Waals surface area contributed by atoms with Gasteiger partial charge in [0.1, 0.15) is 0 Å². The highest BCUT2D eigenvalue weighted by Gasteiger charge is 2.33. The molecule has 24 heavy (non-hydrogen) atoms. The molecule has 4 nitrogen and oxygen atoms in total. The van der Waals surface area contributed by atoms with E-state index in [0.29, 0.717) is 43.2 Å². The Kier molecular flexibility index (Phi) is 6.36. The summed E-state index contributed by atoms with van der Waals surface area (Å²) in [5, 5.41) is 8.88. The molecule has 0 saturated heterocycles. The summed E-state index contributed by atoms with van der Waals surface area (Å²) in [6, 6.07) is 7.88. The van der Waals surface area contributed by atoms with Crippen molar-refractivity contribution in [1.29, 1.82) is 5.26 Å². The summed E-state index contributed by atoms with van der Waals surface area (Å²) in [5.74, 6) is 1.28. The summed E-state index contributed by atoms with van der Waals surface area (Å²) in [6.07, 6.45) is 6.18. The largest absolute Gasteiger partial charge is 0.336 e. The van der Waals surface area contributed by atoms with E-state index in [4.69, 9.17) is 5.26 Å². The number of hydrogen-bond donors (Lipinski definition) is 0. The second kappa shape index (κ2) is 8.28. The molecule has 0 spiro atoms. The molecule has 1 heterocycles. The third kappa shape index (κ3) is 5.63. The maximum absolute atomic E-state index is 12.8. The van der Waals surface area contributed by atoms with Crippen molar-refractivity contribution in [2.24, 2.45) is 17.3 Å². The maximum Gasteiger partial charge on any atom is 0.223 e. The van der Waals surface area contributed by atoms with Crippen molar-refractivity contribution in [3.63, 3.8) is 0 Å².